The van der Waals surface area contributed by atoms with Gasteiger partial charge in [-0.15, -0.1) is 11.3 Å². The average molecular weight is 250 g/mol. The Morgan fingerprint density at radius 2 is 2.24 bits per heavy atom. The van der Waals surface area contributed by atoms with Crippen molar-refractivity contribution in [3.63, 3.8) is 0 Å². The number of rotatable bonds is 4. The van der Waals surface area contributed by atoms with Crippen molar-refractivity contribution in [2.24, 2.45) is 5.84 Å². The van der Waals surface area contributed by atoms with Gasteiger partial charge < -0.3 is 5.32 Å². The summed E-state index contributed by atoms with van der Waals surface area (Å²) in [5.74, 6) is 6.35. The summed E-state index contributed by atoms with van der Waals surface area (Å²) >= 11 is 1.67. The minimum Gasteiger partial charge on any atom is -0.361 e. The molecule has 0 amide bonds. The van der Waals surface area contributed by atoms with Crippen LogP contribution in [0.3, 0.4) is 0 Å². The lowest BCUT2D eigenvalue weighted by atomic mass is 10.3. The smallest absolute Gasteiger partial charge is 0.239 e. The summed E-state index contributed by atoms with van der Waals surface area (Å²) < 4.78 is 0. The number of hydrazine groups is 1. The largest absolute Gasteiger partial charge is 0.361 e. The maximum atomic E-state index is 5.25. The van der Waals surface area contributed by atoms with Crippen LogP contribution in [0, 0.1) is 6.92 Å². The molecule has 6 nitrogen and oxygen atoms in total. The van der Waals surface area contributed by atoms with E-state index in [9.17, 15) is 0 Å². The molecule has 0 saturated carbocycles. The van der Waals surface area contributed by atoms with Gasteiger partial charge in [0.2, 0.25) is 5.95 Å². The first-order valence-electron chi connectivity index (χ1n) is 5.17. The van der Waals surface area contributed by atoms with E-state index in [-0.39, 0.29) is 6.04 Å². The highest BCUT2D eigenvalue weighted by molar-refractivity contribution is 7.11. The Labute approximate surface area is 103 Å². The molecule has 0 radical (unpaired) electrons. The van der Waals surface area contributed by atoms with Crippen LogP contribution in [0.1, 0.15) is 22.9 Å². The Balaban J connectivity index is 2.09. The average Bonchev–Trinajstić information content (AvgIpc) is 2.76. The number of nitrogens with zero attached hydrogens (tertiary/aromatic N) is 3. The van der Waals surface area contributed by atoms with E-state index in [1.165, 1.54) is 4.88 Å². The first-order valence-corrected chi connectivity index (χ1v) is 5.99. The van der Waals surface area contributed by atoms with Gasteiger partial charge in [-0.1, -0.05) is 0 Å². The van der Waals surface area contributed by atoms with Crippen LogP contribution >= 0.6 is 11.3 Å². The fourth-order valence-corrected chi connectivity index (χ4v) is 2.14. The van der Waals surface area contributed by atoms with Gasteiger partial charge in [-0.25, -0.2) is 15.8 Å². The van der Waals surface area contributed by atoms with E-state index in [1.807, 2.05) is 20.0 Å². The molecule has 2 rings (SSSR count). The van der Waals surface area contributed by atoms with E-state index >= 15 is 0 Å². The van der Waals surface area contributed by atoms with Crippen molar-refractivity contribution < 1.29 is 0 Å². The molecule has 1 unspecified atom stereocenters. The second-order valence-electron chi connectivity index (χ2n) is 3.58. The van der Waals surface area contributed by atoms with Crippen molar-refractivity contribution in [1.29, 1.82) is 0 Å². The molecular formula is C10H14N6S. The Bertz CT molecular complexity index is 497. The van der Waals surface area contributed by atoms with Crippen LogP contribution in [0.2, 0.25) is 0 Å². The highest BCUT2D eigenvalue weighted by atomic mass is 32.1. The molecule has 17 heavy (non-hydrogen) atoms. The zero-order chi connectivity index (χ0) is 12.3. The van der Waals surface area contributed by atoms with E-state index < -0.39 is 0 Å². The molecule has 0 aliphatic rings. The van der Waals surface area contributed by atoms with Crippen molar-refractivity contribution in [2.45, 2.75) is 19.9 Å². The molecule has 2 heterocycles. The number of nitrogen functional groups attached to an aromatic ring is 1. The lowest BCUT2D eigenvalue weighted by molar-refractivity contribution is 0.858. The standard InChI is InChI=1S/C10H14N6S/c1-6-5-13-9(17-6)7(2)14-8-3-4-12-10(15-8)16-11/h3-5,7H,11H2,1-2H3,(H2,12,14,15,16). The number of thiazole rings is 1. The van der Waals surface area contributed by atoms with Gasteiger partial charge in [-0.2, -0.15) is 4.98 Å². The van der Waals surface area contributed by atoms with Gasteiger partial charge in [0.1, 0.15) is 10.8 Å². The molecule has 0 spiro atoms. The van der Waals surface area contributed by atoms with Crippen LogP contribution in [0.15, 0.2) is 18.5 Å². The molecule has 7 heteroatoms. The Hall–Kier alpha value is -1.73. The number of nitrogens with one attached hydrogen (secondary N) is 2. The van der Waals surface area contributed by atoms with Gasteiger partial charge in [0.05, 0.1) is 6.04 Å². The molecule has 4 N–H and O–H groups in total. The number of aryl methyl sites for hydroxylation is 1. The number of aromatic nitrogens is 3. The molecule has 0 fully saturated rings. The van der Waals surface area contributed by atoms with Gasteiger partial charge in [-0.05, 0) is 19.9 Å². The second kappa shape index (κ2) is 5.07. The second-order valence-corrected chi connectivity index (χ2v) is 4.85. The van der Waals surface area contributed by atoms with E-state index in [0.717, 1.165) is 5.01 Å². The monoisotopic (exact) mass is 250 g/mol. The van der Waals surface area contributed by atoms with Crippen LogP contribution in [0.25, 0.3) is 0 Å². The van der Waals surface area contributed by atoms with Gasteiger partial charge in [-0.3, -0.25) is 5.43 Å². The quantitative estimate of drug-likeness (QED) is 0.565. The molecule has 2 aromatic heterocycles. The molecule has 0 saturated heterocycles. The predicted molar refractivity (Wildman–Crippen MR) is 68.7 cm³/mol. The van der Waals surface area contributed by atoms with Gasteiger partial charge in [0.15, 0.2) is 0 Å². The zero-order valence-electron chi connectivity index (χ0n) is 9.64. The van der Waals surface area contributed by atoms with Gasteiger partial charge >= 0.3 is 0 Å². The van der Waals surface area contributed by atoms with E-state index in [1.54, 1.807) is 23.6 Å². The third-order valence-corrected chi connectivity index (χ3v) is 3.25. The lowest BCUT2D eigenvalue weighted by Gasteiger charge is -2.12. The Kier molecular flexibility index (Phi) is 3.50. The van der Waals surface area contributed by atoms with Crippen LogP contribution < -0.4 is 16.6 Å². The van der Waals surface area contributed by atoms with Crippen molar-refractivity contribution in [1.82, 2.24) is 15.0 Å². The fraction of sp³-hybridized carbons (Fsp3) is 0.300. The van der Waals surface area contributed by atoms with Crippen LogP contribution in [0.4, 0.5) is 11.8 Å². The summed E-state index contributed by atoms with van der Waals surface area (Å²) in [7, 11) is 0. The van der Waals surface area contributed by atoms with Gasteiger partial charge in [0, 0.05) is 17.3 Å². The maximum Gasteiger partial charge on any atom is 0.239 e. The topological polar surface area (TPSA) is 88.8 Å². The molecule has 2 aromatic rings. The molecule has 90 valence electrons. The summed E-state index contributed by atoms with van der Waals surface area (Å²) in [6.45, 7) is 4.07. The Morgan fingerprint density at radius 1 is 1.41 bits per heavy atom. The minimum absolute atomic E-state index is 0.106. The van der Waals surface area contributed by atoms with Gasteiger partial charge in [0.25, 0.3) is 0 Å². The maximum absolute atomic E-state index is 5.25. The number of nitrogens with two attached hydrogens (primary N) is 1. The fourth-order valence-electron chi connectivity index (χ4n) is 1.36. The van der Waals surface area contributed by atoms with Crippen molar-refractivity contribution in [3.05, 3.63) is 28.3 Å². The van der Waals surface area contributed by atoms with Crippen molar-refractivity contribution >= 4 is 23.1 Å². The lowest BCUT2D eigenvalue weighted by Crippen LogP contribution is -2.13. The third-order valence-electron chi connectivity index (χ3n) is 2.16. The molecule has 0 aliphatic heterocycles. The summed E-state index contributed by atoms with van der Waals surface area (Å²) in [6, 6.07) is 1.90. The SMILES string of the molecule is Cc1cnc(C(C)Nc2ccnc(NN)n2)s1. The highest BCUT2D eigenvalue weighted by Crippen LogP contribution is 2.22. The first-order chi connectivity index (χ1) is 8.19. The summed E-state index contributed by atoms with van der Waals surface area (Å²) in [6.07, 6.45) is 3.51. The number of hydrogen-bond donors (Lipinski definition) is 3. The summed E-state index contributed by atoms with van der Waals surface area (Å²) in [5.41, 5.74) is 2.41. The first kappa shape index (κ1) is 11.7. The van der Waals surface area contributed by atoms with Crippen molar-refractivity contribution in [2.75, 3.05) is 10.7 Å². The molecule has 1 atom stereocenters. The zero-order valence-corrected chi connectivity index (χ0v) is 10.5. The third kappa shape index (κ3) is 2.89. The molecule has 0 aliphatic carbocycles. The normalized spacial score (nSPS) is 12.2. The van der Waals surface area contributed by atoms with E-state index in [4.69, 9.17) is 5.84 Å². The Morgan fingerprint density at radius 3 is 2.88 bits per heavy atom. The van der Waals surface area contributed by atoms with E-state index in [2.05, 4.69) is 25.7 Å². The molecule has 0 bridgehead atoms. The summed E-state index contributed by atoms with van der Waals surface area (Å²) in [4.78, 5) is 13.6. The van der Waals surface area contributed by atoms with Crippen LogP contribution in [-0.2, 0) is 0 Å². The molecule has 0 aromatic carbocycles. The van der Waals surface area contributed by atoms with Crippen LogP contribution in [-0.4, -0.2) is 15.0 Å². The van der Waals surface area contributed by atoms with E-state index in [0.29, 0.717) is 11.8 Å². The minimum atomic E-state index is 0.106. The predicted octanol–water partition coefficient (Wildman–Crippen LogP) is 1.70. The summed E-state index contributed by atoms with van der Waals surface area (Å²) in [5, 5.41) is 4.28. The molecular weight excluding hydrogens is 236 g/mol. The number of anilines is 2. The van der Waals surface area contributed by atoms with Crippen molar-refractivity contribution in [3.8, 4) is 0 Å². The highest BCUT2D eigenvalue weighted by Gasteiger charge is 2.10. The van der Waals surface area contributed by atoms with Crippen LogP contribution in [0.5, 0.6) is 0 Å². The number of hydrogen-bond acceptors (Lipinski definition) is 7.